The Kier molecular flexibility index (Phi) is 38.4. The van der Waals surface area contributed by atoms with Crippen LogP contribution in [0.2, 0.25) is 10.1 Å². The minimum Gasteiger partial charge on any atom is -0.481 e. The molecule has 15 N–H and O–H groups in total. The van der Waals surface area contributed by atoms with Gasteiger partial charge in [0.05, 0.1) is 19.6 Å². The number of carboxylic acid groups (broad SMARTS) is 8. The highest BCUT2D eigenvalue weighted by molar-refractivity contribution is 6.90. The monoisotopic (exact) mass is 1430 g/mol. The number of carbonyl (C=O) groups excluding carboxylic acids is 6. The number of amides is 7. The number of benzene rings is 1. The van der Waals surface area contributed by atoms with Crippen molar-refractivity contribution in [3.8, 4) is 0 Å². The van der Waals surface area contributed by atoms with Gasteiger partial charge in [-0.1, -0.05) is 66.5 Å². The van der Waals surface area contributed by atoms with Crippen molar-refractivity contribution in [3.63, 3.8) is 0 Å². The fourth-order valence-electron chi connectivity index (χ4n) is 11.6. The highest BCUT2D eigenvalue weighted by Gasteiger charge is 2.56. The predicted octanol–water partition coefficient (Wildman–Crippen LogP) is 1.28. The molecule has 1 saturated heterocycles. The highest BCUT2D eigenvalue weighted by Crippen LogP contribution is 2.51. The SMILES string of the molecule is CC(C)(C)[Si](F)(c1ccc(C(=O)NC[C@H](NC(=O)CC[C@H](C(=O)O)N2CCN(CC(=O)O)CCN(CC(=O)O)CCN(CC(=O)O)CC2)C(=O)N[C@H](CCCCNC(=O)CCCCCCC(=O)NCCCC[C@H](NC(=O)N[C@@H](CCCC(=O)O)C(=O)O)C(=O)O)C(=O)O)cc1)C(C)(C)C. The summed E-state index contributed by atoms with van der Waals surface area (Å²) in [5.74, 6) is -13.5. The van der Waals surface area contributed by atoms with Gasteiger partial charge >= 0.3 is 53.8 Å². The number of nitrogens with zero attached hydrogens (tertiary/aromatic N) is 4. The van der Waals surface area contributed by atoms with Gasteiger partial charge in [-0.2, -0.15) is 0 Å². The van der Waals surface area contributed by atoms with Crippen LogP contribution in [0.3, 0.4) is 0 Å². The molecule has 0 saturated carbocycles. The number of nitrogens with one attached hydrogen (secondary N) is 7. The summed E-state index contributed by atoms with van der Waals surface area (Å²) in [5, 5.41) is 93.6. The standard InChI is InChI=1S/C64H104FN11O22Si/c1-63(2,3)99(65,64(4,5)6)43-24-22-42(23-25-43)56(88)68-38-47(69-51(79)27-26-48(61(96)97)76-36-34-74(40-54(84)85)32-30-73(39-53(82)83)31-33-75(35-37-76)41-55(86)87)57(89)70-44(58(90)91)16-11-13-28-66-49(77)19-9-7-8-10-20-50(78)67-29-14-12-17-45(59(92)93)71-62(98)72-46(60(94)95)18-15-21-52(80)81/h22-25,44-48H,7-21,26-41H2,1-6H3,(H,66,77)(H,67,78)(H,68,88)(H,69,79)(H,70,89)(H,80,81)(H,82,83)(H,84,85)(H,86,87)(H,90,91)(H,92,93)(H,94,95)(H,96,97)(H2,71,72,98)/t44-,45+,46+,47+,48-/m1/s1. The number of hydrogen-bond donors (Lipinski definition) is 15. The van der Waals surface area contributed by atoms with Crippen molar-refractivity contribution in [3.05, 3.63) is 29.8 Å². The first-order valence-electron chi connectivity index (χ1n) is 33.3. The maximum Gasteiger partial charge on any atom is 0.326 e. The van der Waals surface area contributed by atoms with Gasteiger partial charge in [-0.05, 0) is 98.0 Å². The summed E-state index contributed by atoms with van der Waals surface area (Å²) < 4.78 is 17.1. The van der Waals surface area contributed by atoms with Crippen molar-refractivity contribution in [2.24, 2.45) is 0 Å². The van der Waals surface area contributed by atoms with Crippen LogP contribution in [0.15, 0.2) is 24.3 Å². The molecule has 0 unspecified atom stereocenters. The molecule has 0 spiro atoms. The van der Waals surface area contributed by atoms with E-state index in [-0.39, 0.29) is 147 Å². The Morgan fingerprint density at radius 3 is 1.21 bits per heavy atom. The fraction of sp³-hybridized carbons (Fsp3) is 0.688. The summed E-state index contributed by atoms with van der Waals surface area (Å²) in [6, 6.07) is -2.49. The smallest absolute Gasteiger partial charge is 0.326 e. The molecule has 35 heteroatoms. The average Bonchev–Trinajstić information content (AvgIpc) is 0.749. The van der Waals surface area contributed by atoms with Crippen molar-refractivity contribution in [1.29, 1.82) is 0 Å². The van der Waals surface area contributed by atoms with Crippen LogP contribution >= 0.6 is 0 Å². The molecule has 558 valence electrons. The number of urea groups is 1. The first kappa shape index (κ1) is 86.7. The van der Waals surface area contributed by atoms with Crippen LogP contribution in [0, 0.1) is 0 Å². The lowest BCUT2D eigenvalue weighted by Gasteiger charge is -2.44. The van der Waals surface area contributed by atoms with Crippen LogP contribution in [-0.2, 0) is 57.5 Å². The van der Waals surface area contributed by atoms with Gasteiger partial charge in [0, 0.05) is 103 Å². The van der Waals surface area contributed by atoms with Crippen LogP contribution in [0.1, 0.15) is 161 Å². The van der Waals surface area contributed by atoms with E-state index in [4.69, 9.17) is 5.11 Å². The van der Waals surface area contributed by atoms with E-state index in [1.165, 1.54) is 43.9 Å². The van der Waals surface area contributed by atoms with Crippen molar-refractivity contribution < 1.29 is 112 Å². The van der Waals surface area contributed by atoms with E-state index in [2.05, 4.69) is 37.2 Å². The Morgan fingerprint density at radius 1 is 0.424 bits per heavy atom. The molecule has 1 aromatic rings. The van der Waals surface area contributed by atoms with E-state index in [0.29, 0.717) is 37.3 Å². The number of halogens is 1. The van der Waals surface area contributed by atoms with E-state index < -0.39 is 159 Å². The van der Waals surface area contributed by atoms with E-state index in [0.717, 1.165) is 0 Å². The molecule has 0 aromatic heterocycles. The van der Waals surface area contributed by atoms with Gasteiger partial charge in [0.15, 0.2) is 0 Å². The third kappa shape index (κ3) is 33.8. The van der Waals surface area contributed by atoms with E-state index in [1.807, 2.05) is 41.5 Å². The molecule has 0 aliphatic carbocycles. The number of unbranched alkanes of at least 4 members (excludes halogenated alkanes) is 5. The average molecular weight is 1430 g/mol. The first-order chi connectivity index (χ1) is 46.3. The Bertz CT molecular complexity index is 2830. The third-order valence-electron chi connectivity index (χ3n) is 16.8. The largest absolute Gasteiger partial charge is 0.481 e. The molecule has 1 aliphatic rings. The second-order valence-corrected chi connectivity index (χ2v) is 31.6. The van der Waals surface area contributed by atoms with Crippen molar-refractivity contribution in [1.82, 2.24) is 56.8 Å². The van der Waals surface area contributed by atoms with Crippen LogP contribution in [-0.4, -0.2) is 274 Å². The van der Waals surface area contributed by atoms with Gasteiger partial charge in [0.1, 0.15) is 30.2 Å². The second kappa shape index (κ2) is 43.9. The van der Waals surface area contributed by atoms with Gasteiger partial charge in [-0.15, -0.1) is 0 Å². The molecule has 1 aliphatic heterocycles. The normalized spacial score (nSPS) is 15.5. The van der Waals surface area contributed by atoms with E-state index in [9.17, 15) is 103 Å². The zero-order valence-electron chi connectivity index (χ0n) is 57.6. The fourth-order valence-corrected chi connectivity index (χ4v) is 16.2. The lowest BCUT2D eigenvalue weighted by molar-refractivity contribution is -0.145. The molecule has 7 amide bonds. The molecular weight excluding hydrogens is 1320 g/mol. The molecule has 5 atom stereocenters. The first-order valence-corrected chi connectivity index (χ1v) is 35.2. The summed E-state index contributed by atoms with van der Waals surface area (Å²) in [4.78, 5) is 180. The summed E-state index contributed by atoms with van der Waals surface area (Å²) >= 11 is 0. The molecule has 1 aromatic carbocycles. The Hall–Kier alpha value is -8.41. The molecule has 2 rings (SSSR count). The maximum absolute atomic E-state index is 17.1. The van der Waals surface area contributed by atoms with Crippen molar-refractivity contribution in [2.45, 2.75) is 191 Å². The Morgan fingerprint density at radius 2 is 0.828 bits per heavy atom. The van der Waals surface area contributed by atoms with Crippen LogP contribution in [0.5, 0.6) is 0 Å². The second-order valence-electron chi connectivity index (χ2n) is 26.7. The molecule has 1 heterocycles. The molecule has 1 fully saturated rings. The summed E-state index contributed by atoms with van der Waals surface area (Å²) in [7, 11) is -3.74. The summed E-state index contributed by atoms with van der Waals surface area (Å²) in [5.41, 5.74) is 0.0724. The van der Waals surface area contributed by atoms with Crippen LogP contribution in [0.25, 0.3) is 0 Å². The predicted molar refractivity (Wildman–Crippen MR) is 358 cm³/mol. The topological polar surface area (TPSA) is 498 Å². The van der Waals surface area contributed by atoms with Crippen molar-refractivity contribution in [2.75, 3.05) is 91.6 Å². The summed E-state index contributed by atoms with van der Waals surface area (Å²) in [6.07, 6.45) is 2.12. The van der Waals surface area contributed by atoms with Gasteiger partial charge in [-0.25, -0.2) is 19.2 Å². The Balaban J connectivity index is 2.08. The molecule has 0 radical (unpaired) electrons. The van der Waals surface area contributed by atoms with Gasteiger partial charge in [0.25, 0.3) is 14.3 Å². The van der Waals surface area contributed by atoms with Crippen molar-refractivity contribution >= 4 is 96.9 Å². The molecule has 99 heavy (non-hydrogen) atoms. The molecular formula is C64H104FN11O22Si. The summed E-state index contributed by atoms with van der Waals surface area (Å²) in [6.45, 7) is 9.36. The molecule has 0 bridgehead atoms. The number of carbonyl (C=O) groups is 14. The quantitative estimate of drug-likeness (QED) is 0.0248. The van der Waals surface area contributed by atoms with E-state index >= 15 is 4.11 Å². The maximum atomic E-state index is 17.1. The Labute approximate surface area is 576 Å². The molecule has 33 nitrogen and oxygen atoms in total. The highest BCUT2D eigenvalue weighted by atomic mass is 28.4. The zero-order valence-corrected chi connectivity index (χ0v) is 58.6. The van der Waals surface area contributed by atoms with Gasteiger partial charge < -0.3 is 82.2 Å². The van der Waals surface area contributed by atoms with Gasteiger partial charge in [0.2, 0.25) is 23.6 Å². The lowest BCUT2D eigenvalue weighted by Crippen LogP contribution is -2.58. The number of carboxylic acids is 8. The number of hydrogen-bond acceptors (Lipinski definition) is 18. The minimum atomic E-state index is -3.74. The number of aliphatic carboxylic acids is 8. The minimum absolute atomic E-state index is 0.0218. The lowest BCUT2D eigenvalue weighted by atomic mass is 10.1. The van der Waals surface area contributed by atoms with Crippen LogP contribution < -0.4 is 42.4 Å². The van der Waals surface area contributed by atoms with Crippen LogP contribution in [0.4, 0.5) is 8.90 Å². The zero-order chi connectivity index (χ0) is 74.6. The van der Waals surface area contributed by atoms with Gasteiger partial charge in [-0.3, -0.25) is 67.5 Å². The number of rotatable bonds is 44. The van der Waals surface area contributed by atoms with E-state index in [1.54, 1.807) is 0 Å². The third-order valence-corrected chi connectivity index (χ3v) is 22.1.